The van der Waals surface area contributed by atoms with E-state index in [0.717, 1.165) is 15.9 Å². The zero-order chi connectivity index (χ0) is 12.8. The van der Waals surface area contributed by atoms with Gasteiger partial charge in [0.25, 0.3) is 0 Å². The first-order valence-corrected chi connectivity index (χ1v) is 7.73. The highest BCUT2D eigenvalue weighted by atomic mass is 127. The summed E-state index contributed by atoms with van der Waals surface area (Å²) in [6, 6.07) is 3.80. The molecule has 1 aromatic rings. The Hall–Kier alpha value is -0.650. The monoisotopic (exact) mass is 358 g/mol. The first-order valence-electron chi connectivity index (χ1n) is 6.65. The van der Waals surface area contributed by atoms with Crippen molar-refractivity contribution in [2.75, 3.05) is 5.32 Å². The number of aromatic nitrogens is 1. The minimum absolute atomic E-state index is 0.0919. The van der Waals surface area contributed by atoms with Crippen molar-refractivity contribution < 1.29 is 4.79 Å². The number of hydrogen-bond acceptors (Lipinski definition) is 2. The number of nitrogens with zero attached hydrogens (tertiary/aromatic N) is 1. The summed E-state index contributed by atoms with van der Waals surface area (Å²) in [5.41, 5.74) is 0. The van der Waals surface area contributed by atoms with Gasteiger partial charge in [0.05, 0.1) is 0 Å². The van der Waals surface area contributed by atoms with Crippen molar-refractivity contribution >= 4 is 34.3 Å². The molecule has 3 nitrogen and oxygen atoms in total. The fraction of sp³-hybridized carbons (Fsp3) is 0.571. The van der Waals surface area contributed by atoms with Gasteiger partial charge in [0, 0.05) is 16.2 Å². The minimum atomic E-state index is 0.0919. The van der Waals surface area contributed by atoms with Crippen molar-refractivity contribution in [3.8, 4) is 0 Å². The number of carbonyl (C=O) groups is 1. The van der Waals surface area contributed by atoms with Crippen molar-refractivity contribution in [1.29, 1.82) is 0 Å². The van der Waals surface area contributed by atoms with E-state index in [2.05, 4.69) is 32.9 Å². The molecular formula is C14H19IN2O. The Labute approximate surface area is 122 Å². The fourth-order valence-electron chi connectivity index (χ4n) is 2.47. The third-order valence-corrected chi connectivity index (χ3v) is 4.14. The molecule has 0 radical (unpaired) electrons. The number of hydrogen-bond donors (Lipinski definition) is 1. The van der Waals surface area contributed by atoms with Gasteiger partial charge in [0.15, 0.2) is 0 Å². The number of nitrogens with one attached hydrogen (secondary N) is 1. The summed E-state index contributed by atoms with van der Waals surface area (Å²) in [6.07, 6.45) is 10.1. The van der Waals surface area contributed by atoms with Crippen LogP contribution in [0.25, 0.3) is 0 Å². The molecule has 0 saturated heterocycles. The molecule has 4 heteroatoms. The largest absolute Gasteiger partial charge is 0.311 e. The minimum Gasteiger partial charge on any atom is -0.311 e. The van der Waals surface area contributed by atoms with E-state index in [1.54, 1.807) is 6.20 Å². The van der Waals surface area contributed by atoms with Crippen LogP contribution in [-0.4, -0.2) is 10.9 Å². The van der Waals surface area contributed by atoms with E-state index < -0.39 is 0 Å². The molecule has 1 aromatic heterocycles. The summed E-state index contributed by atoms with van der Waals surface area (Å²) in [7, 11) is 0. The van der Waals surface area contributed by atoms with Crippen molar-refractivity contribution in [3.63, 3.8) is 0 Å². The van der Waals surface area contributed by atoms with Gasteiger partial charge in [-0.3, -0.25) is 4.79 Å². The molecule has 18 heavy (non-hydrogen) atoms. The molecule has 1 heterocycles. The van der Waals surface area contributed by atoms with Crippen LogP contribution in [0.1, 0.15) is 44.9 Å². The third-order valence-electron chi connectivity index (χ3n) is 3.50. The second-order valence-corrected chi connectivity index (χ2v) is 6.20. The molecule has 1 aliphatic rings. The van der Waals surface area contributed by atoms with Crippen LogP contribution in [0, 0.1) is 9.49 Å². The predicted octanol–water partition coefficient (Wildman–Crippen LogP) is 3.99. The molecule has 2 rings (SSSR count). The zero-order valence-corrected chi connectivity index (χ0v) is 12.7. The summed E-state index contributed by atoms with van der Waals surface area (Å²) in [5.74, 6) is 1.51. The van der Waals surface area contributed by atoms with E-state index in [4.69, 9.17) is 0 Å². The van der Waals surface area contributed by atoms with Crippen LogP contribution in [0.5, 0.6) is 0 Å². The quantitative estimate of drug-likeness (QED) is 0.828. The SMILES string of the molecule is O=C(CCC1CCCCC1)Nc1ccc(I)cn1. The van der Waals surface area contributed by atoms with Crippen molar-refractivity contribution in [1.82, 2.24) is 4.98 Å². The van der Waals surface area contributed by atoms with Gasteiger partial charge in [-0.25, -0.2) is 4.98 Å². The lowest BCUT2D eigenvalue weighted by Gasteiger charge is -2.20. The van der Waals surface area contributed by atoms with Gasteiger partial charge in [-0.2, -0.15) is 0 Å². The van der Waals surface area contributed by atoms with Crippen LogP contribution >= 0.6 is 22.6 Å². The number of rotatable bonds is 4. The second kappa shape index (κ2) is 7.07. The first kappa shape index (κ1) is 13.8. The number of anilines is 1. The molecule has 1 fully saturated rings. The number of halogens is 1. The van der Waals surface area contributed by atoms with Gasteiger partial charge in [0.1, 0.15) is 5.82 Å². The van der Waals surface area contributed by atoms with Crippen LogP contribution in [-0.2, 0) is 4.79 Å². The highest BCUT2D eigenvalue weighted by Crippen LogP contribution is 2.27. The van der Waals surface area contributed by atoms with Gasteiger partial charge in [0.2, 0.25) is 5.91 Å². The number of amides is 1. The lowest BCUT2D eigenvalue weighted by molar-refractivity contribution is -0.116. The second-order valence-electron chi connectivity index (χ2n) is 4.95. The summed E-state index contributed by atoms with van der Waals surface area (Å²) >= 11 is 2.20. The Morgan fingerprint density at radius 2 is 2.11 bits per heavy atom. The lowest BCUT2D eigenvalue weighted by Crippen LogP contribution is -2.15. The average molecular weight is 358 g/mol. The zero-order valence-electron chi connectivity index (χ0n) is 10.5. The average Bonchev–Trinajstić information content (AvgIpc) is 2.40. The van der Waals surface area contributed by atoms with Crippen LogP contribution in [0.15, 0.2) is 18.3 Å². The Kier molecular flexibility index (Phi) is 5.41. The topological polar surface area (TPSA) is 42.0 Å². The Morgan fingerprint density at radius 3 is 2.78 bits per heavy atom. The van der Waals surface area contributed by atoms with Crippen LogP contribution in [0.2, 0.25) is 0 Å². The van der Waals surface area contributed by atoms with Crippen LogP contribution < -0.4 is 5.32 Å². The molecule has 0 aromatic carbocycles. The van der Waals surface area contributed by atoms with E-state index in [1.807, 2.05) is 12.1 Å². The van der Waals surface area contributed by atoms with Gasteiger partial charge in [-0.05, 0) is 47.1 Å². The molecule has 1 saturated carbocycles. The molecule has 98 valence electrons. The van der Waals surface area contributed by atoms with Gasteiger partial charge >= 0.3 is 0 Å². The maximum atomic E-state index is 11.8. The van der Waals surface area contributed by atoms with E-state index in [9.17, 15) is 4.79 Å². The fourth-order valence-corrected chi connectivity index (χ4v) is 2.79. The standard InChI is InChI=1S/C14H19IN2O/c15-12-7-8-13(16-10-12)17-14(18)9-6-11-4-2-1-3-5-11/h7-8,10-11H,1-6,9H2,(H,16,17,18). The number of carbonyl (C=O) groups excluding carboxylic acids is 1. The number of pyridine rings is 1. The highest BCUT2D eigenvalue weighted by Gasteiger charge is 2.14. The van der Waals surface area contributed by atoms with Crippen molar-refractivity contribution in [3.05, 3.63) is 21.9 Å². The molecule has 0 aliphatic heterocycles. The van der Waals surface area contributed by atoms with E-state index in [1.165, 1.54) is 32.1 Å². The van der Waals surface area contributed by atoms with Gasteiger partial charge < -0.3 is 5.32 Å². The molecule has 0 spiro atoms. The third kappa shape index (κ3) is 4.55. The molecule has 1 aliphatic carbocycles. The molecular weight excluding hydrogens is 339 g/mol. The van der Waals surface area contributed by atoms with Crippen LogP contribution in [0.4, 0.5) is 5.82 Å². The normalized spacial score (nSPS) is 16.5. The smallest absolute Gasteiger partial charge is 0.225 e. The molecule has 0 unspecified atom stereocenters. The van der Waals surface area contributed by atoms with E-state index >= 15 is 0 Å². The predicted molar refractivity (Wildman–Crippen MR) is 81.4 cm³/mol. The summed E-state index contributed by atoms with van der Waals surface area (Å²) in [6.45, 7) is 0. The summed E-state index contributed by atoms with van der Waals surface area (Å²) in [5, 5.41) is 2.86. The highest BCUT2D eigenvalue weighted by molar-refractivity contribution is 14.1. The van der Waals surface area contributed by atoms with Gasteiger partial charge in [-0.15, -0.1) is 0 Å². The Morgan fingerprint density at radius 1 is 1.33 bits per heavy atom. The molecule has 1 amide bonds. The van der Waals surface area contributed by atoms with Crippen LogP contribution in [0.3, 0.4) is 0 Å². The summed E-state index contributed by atoms with van der Waals surface area (Å²) in [4.78, 5) is 16.0. The van der Waals surface area contributed by atoms with Gasteiger partial charge in [-0.1, -0.05) is 32.1 Å². The maximum Gasteiger partial charge on any atom is 0.225 e. The molecule has 1 N–H and O–H groups in total. The lowest BCUT2D eigenvalue weighted by atomic mass is 9.86. The maximum absolute atomic E-state index is 11.8. The summed E-state index contributed by atoms with van der Waals surface area (Å²) < 4.78 is 1.08. The van der Waals surface area contributed by atoms with E-state index in [-0.39, 0.29) is 5.91 Å². The van der Waals surface area contributed by atoms with Crippen molar-refractivity contribution in [2.45, 2.75) is 44.9 Å². The Balaban J connectivity index is 1.73. The van der Waals surface area contributed by atoms with E-state index in [0.29, 0.717) is 12.2 Å². The van der Waals surface area contributed by atoms with Crippen molar-refractivity contribution in [2.24, 2.45) is 5.92 Å². The first-order chi connectivity index (χ1) is 8.74. The Bertz CT molecular complexity index is 385. The molecule has 0 bridgehead atoms. The molecule has 0 atom stereocenters.